The number of rotatable bonds is 15. The Morgan fingerprint density at radius 3 is 1.88 bits per heavy atom. The van der Waals surface area contributed by atoms with Crippen LogP contribution in [0.1, 0.15) is 37.0 Å². The van der Waals surface area contributed by atoms with Gasteiger partial charge in [0.25, 0.3) is 0 Å². The van der Waals surface area contributed by atoms with Gasteiger partial charge in [0.05, 0.1) is 42.6 Å². The molecule has 0 saturated heterocycles. The zero-order chi connectivity index (χ0) is 25.1. The quantitative estimate of drug-likeness (QED) is 0.340. The summed E-state index contributed by atoms with van der Waals surface area (Å²) >= 11 is 0. The molecule has 0 bridgehead atoms. The molecular weight excluding hydrogens is 460 g/mol. The number of methoxy groups -OCH3 is 4. The van der Waals surface area contributed by atoms with Gasteiger partial charge in [-0.05, 0) is 43.7 Å². The van der Waals surface area contributed by atoms with Gasteiger partial charge in [0.1, 0.15) is 30.5 Å². The molecule has 1 atom stereocenters. The fourth-order valence-electron chi connectivity index (χ4n) is 3.55. The molecule has 0 aliphatic carbocycles. The van der Waals surface area contributed by atoms with Crippen LogP contribution in [0.2, 0.25) is 0 Å². The Hall–Kier alpha value is -2.33. The molecule has 34 heavy (non-hydrogen) atoms. The van der Waals surface area contributed by atoms with E-state index >= 15 is 0 Å². The van der Waals surface area contributed by atoms with Crippen LogP contribution in [-0.2, 0) is 43.9 Å². The summed E-state index contributed by atoms with van der Waals surface area (Å²) in [6, 6.07) is 8.40. The summed E-state index contributed by atoms with van der Waals surface area (Å²) in [6.45, 7) is 5.11. The largest absolute Gasteiger partial charge is 0.496 e. The normalized spacial score (nSPS) is 12.4. The summed E-state index contributed by atoms with van der Waals surface area (Å²) in [5, 5.41) is -0.428. The van der Waals surface area contributed by atoms with E-state index in [0.29, 0.717) is 48.4 Å². The Labute approximate surface area is 203 Å². The van der Waals surface area contributed by atoms with Crippen molar-refractivity contribution in [1.29, 1.82) is 0 Å². The summed E-state index contributed by atoms with van der Waals surface area (Å²) in [5.74, 6) is 1.84. The summed E-state index contributed by atoms with van der Waals surface area (Å²) in [7, 11) is 3.12. The molecule has 0 aliphatic rings. The molecular formula is C25H36O8S. The number of sulfone groups is 1. The van der Waals surface area contributed by atoms with Crippen molar-refractivity contribution in [2.45, 2.75) is 50.2 Å². The van der Waals surface area contributed by atoms with E-state index in [4.69, 9.17) is 28.4 Å². The minimum atomic E-state index is -3.33. The van der Waals surface area contributed by atoms with Gasteiger partial charge in [0, 0.05) is 32.5 Å². The molecule has 1 unspecified atom stereocenters. The van der Waals surface area contributed by atoms with Crippen molar-refractivity contribution in [2.24, 2.45) is 0 Å². The SMILES string of the molecule is CCC(C)S(=O)(=O)c1ccc(OCCOc2c(COC)cc(COC)c(OC)c2COC)cc1. The summed E-state index contributed by atoms with van der Waals surface area (Å²) < 4.78 is 58.5. The van der Waals surface area contributed by atoms with Gasteiger partial charge in [-0.2, -0.15) is 0 Å². The molecule has 0 aromatic heterocycles. The Bertz CT molecular complexity index is 1000. The van der Waals surface area contributed by atoms with Crippen LogP contribution in [-0.4, -0.2) is 55.3 Å². The summed E-state index contributed by atoms with van der Waals surface area (Å²) in [6.07, 6.45) is 0.561. The van der Waals surface area contributed by atoms with E-state index in [0.717, 1.165) is 16.7 Å². The number of ether oxygens (including phenoxy) is 6. The average molecular weight is 497 g/mol. The van der Waals surface area contributed by atoms with Crippen molar-refractivity contribution in [2.75, 3.05) is 41.7 Å². The van der Waals surface area contributed by atoms with Crippen molar-refractivity contribution < 1.29 is 36.8 Å². The molecule has 2 aromatic rings. The predicted octanol–water partition coefficient (Wildman–Crippen LogP) is 4.16. The average Bonchev–Trinajstić information content (AvgIpc) is 2.83. The van der Waals surface area contributed by atoms with E-state index < -0.39 is 15.1 Å². The second kappa shape index (κ2) is 13.5. The highest BCUT2D eigenvalue weighted by atomic mass is 32.2. The first-order valence-electron chi connectivity index (χ1n) is 11.1. The maximum Gasteiger partial charge on any atom is 0.180 e. The lowest BCUT2D eigenvalue weighted by molar-refractivity contribution is 0.157. The summed E-state index contributed by atoms with van der Waals surface area (Å²) in [4.78, 5) is 0.294. The zero-order valence-electron chi connectivity index (χ0n) is 20.9. The van der Waals surface area contributed by atoms with Crippen LogP contribution in [0.25, 0.3) is 0 Å². The fraction of sp³-hybridized carbons (Fsp3) is 0.520. The monoisotopic (exact) mass is 496 g/mol. The van der Waals surface area contributed by atoms with Crippen LogP contribution >= 0.6 is 0 Å². The van der Waals surface area contributed by atoms with Crippen LogP contribution in [0.4, 0.5) is 0 Å². The van der Waals surface area contributed by atoms with Crippen molar-refractivity contribution in [3.05, 3.63) is 47.0 Å². The highest BCUT2D eigenvalue weighted by Gasteiger charge is 2.22. The maximum atomic E-state index is 12.5. The van der Waals surface area contributed by atoms with Crippen LogP contribution in [0.15, 0.2) is 35.2 Å². The minimum absolute atomic E-state index is 0.257. The molecule has 2 rings (SSSR count). The van der Waals surface area contributed by atoms with Crippen LogP contribution in [0.3, 0.4) is 0 Å². The molecule has 9 heteroatoms. The smallest absolute Gasteiger partial charge is 0.180 e. The molecule has 8 nitrogen and oxygen atoms in total. The van der Waals surface area contributed by atoms with Crippen molar-refractivity contribution in [3.8, 4) is 17.2 Å². The van der Waals surface area contributed by atoms with Gasteiger partial charge in [-0.1, -0.05) is 6.92 Å². The first-order chi connectivity index (χ1) is 16.3. The third kappa shape index (κ3) is 6.85. The van der Waals surface area contributed by atoms with Crippen LogP contribution in [0.5, 0.6) is 17.2 Å². The highest BCUT2D eigenvalue weighted by molar-refractivity contribution is 7.92. The van der Waals surface area contributed by atoms with E-state index in [9.17, 15) is 8.42 Å². The van der Waals surface area contributed by atoms with Gasteiger partial charge in [0.2, 0.25) is 0 Å². The maximum absolute atomic E-state index is 12.5. The first kappa shape index (κ1) is 27.9. The molecule has 0 amide bonds. The van der Waals surface area contributed by atoms with Gasteiger partial charge in [-0.25, -0.2) is 8.42 Å². The Kier molecular flexibility index (Phi) is 11.1. The molecule has 0 fully saturated rings. The van der Waals surface area contributed by atoms with Gasteiger partial charge in [-0.3, -0.25) is 0 Å². The van der Waals surface area contributed by atoms with E-state index in [1.165, 1.54) is 0 Å². The number of hydrogen-bond donors (Lipinski definition) is 0. The van der Waals surface area contributed by atoms with E-state index in [2.05, 4.69) is 0 Å². The lowest BCUT2D eigenvalue weighted by Gasteiger charge is -2.21. The van der Waals surface area contributed by atoms with Crippen LogP contribution in [0, 0.1) is 0 Å². The van der Waals surface area contributed by atoms with Gasteiger partial charge >= 0.3 is 0 Å². The number of hydrogen-bond acceptors (Lipinski definition) is 8. The molecule has 0 heterocycles. The standard InChI is InChI=1S/C25H36O8S/c1-7-18(2)34(26,27)22-10-8-21(9-11-22)32-12-13-33-25-20(16-29-4)14-19(15-28-3)24(31-6)23(25)17-30-5/h8-11,14,18H,7,12-13,15-17H2,1-6H3. The minimum Gasteiger partial charge on any atom is -0.496 e. The van der Waals surface area contributed by atoms with Crippen molar-refractivity contribution in [3.63, 3.8) is 0 Å². The Balaban J connectivity index is 2.14. The second-order valence-corrected chi connectivity index (χ2v) is 10.1. The second-order valence-electron chi connectivity index (χ2n) is 7.77. The highest BCUT2D eigenvalue weighted by Crippen LogP contribution is 2.37. The summed E-state index contributed by atoms with van der Waals surface area (Å²) in [5.41, 5.74) is 2.49. The molecule has 0 saturated carbocycles. The molecule has 2 aromatic carbocycles. The van der Waals surface area contributed by atoms with E-state index in [1.54, 1.807) is 59.6 Å². The molecule has 0 radical (unpaired) electrons. The van der Waals surface area contributed by atoms with E-state index in [-0.39, 0.29) is 13.2 Å². The van der Waals surface area contributed by atoms with Crippen LogP contribution < -0.4 is 14.2 Å². The molecule has 0 N–H and O–H groups in total. The van der Waals surface area contributed by atoms with Gasteiger partial charge < -0.3 is 28.4 Å². The number of benzene rings is 2. The first-order valence-corrected chi connectivity index (χ1v) is 12.7. The molecule has 0 aliphatic heterocycles. The van der Waals surface area contributed by atoms with Gasteiger partial charge in [0.15, 0.2) is 9.84 Å². The third-order valence-corrected chi connectivity index (χ3v) is 7.75. The van der Waals surface area contributed by atoms with Crippen molar-refractivity contribution >= 4 is 9.84 Å². The molecule has 0 spiro atoms. The van der Waals surface area contributed by atoms with E-state index in [1.807, 2.05) is 13.0 Å². The van der Waals surface area contributed by atoms with Crippen molar-refractivity contribution in [1.82, 2.24) is 0 Å². The van der Waals surface area contributed by atoms with Gasteiger partial charge in [-0.15, -0.1) is 0 Å². The lowest BCUT2D eigenvalue weighted by atomic mass is 10.0. The predicted molar refractivity (Wildman–Crippen MR) is 130 cm³/mol. The Morgan fingerprint density at radius 1 is 0.794 bits per heavy atom. The zero-order valence-corrected chi connectivity index (χ0v) is 21.7. The fourth-order valence-corrected chi connectivity index (χ4v) is 4.97. The lowest BCUT2D eigenvalue weighted by Crippen LogP contribution is -2.17. The Morgan fingerprint density at radius 2 is 1.35 bits per heavy atom. The third-order valence-electron chi connectivity index (χ3n) is 5.43. The molecule has 190 valence electrons. The topological polar surface area (TPSA) is 89.5 Å².